The van der Waals surface area contributed by atoms with Gasteiger partial charge in [0.1, 0.15) is 0 Å². The van der Waals surface area contributed by atoms with Gasteiger partial charge in [-0.1, -0.05) is 19.3 Å². The zero-order chi connectivity index (χ0) is 14.0. The van der Waals surface area contributed by atoms with Gasteiger partial charge in [-0.25, -0.2) is 8.78 Å². The Morgan fingerprint density at radius 1 is 1.00 bits per heavy atom. The summed E-state index contributed by atoms with van der Waals surface area (Å²) in [6, 6.07) is 0.771. The van der Waals surface area contributed by atoms with E-state index in [-0.39, 0.29) is 11.5 Å². The molecule has 3 nitrogen and oxygen atoms in total. The van der Waals surface area contributed by atoms with E-state index in [1.165, 1.54) is 14.2 Å². The van der Waals surface area contributed by atoms with Gasteiger partial charge >= 0.3 is 0 Å². The number of hydrogen-bond acceptors (Lipinski definition) is 3. The fraction of sp³-hybridized carbons (Fsp3) is 0.571. The van der Waals surface area contributed by atoms with Crippen molar-refractivity contribution >= 4 is 0 Å². The van der Waals surface area contributed by atoms with Gasteiger partial charge in [-0.3, -0.25) is 0 Å². The quantitative estimate of drug-likeness (QED) is 0.918. The van der Waals surface area contributed by atoms with Crippen LogP contribution in [0, 0.1) is 11.6 Å². The predicted molar refractivity (Wildman–Crippen MR) is 68.4 cm³/mol. The molecule has 0 aliphatic heterocycles. The van der Waals surface area contributed by atoms with Crippen molar-refractivity contribution in [1.29, 1.82) is 0 Å². The van der Waals surface area contributed by atoms with Crippen LogP contribution in [0.3, 0.4) is 0 Å². The summed E-state index contributed by atoms with van der Waals surface area (Å²) in [6.07, 6.45) is 4.29. The highest BCUT2D eigenvalue weighted by molar-refractivity contribution is 5.51. The second-order valence-corrected chi connectivity index (χ2v) is 5.00. The Hall–Kier alpha value is -1.36. The molecule has 2 N–H and O–H groups in total. The summed E-state index contributed by atoms with van der Waals surface area (Å²) in [4.78, 5) is 0. The van der Waals surface area contributed by atoms with Crippen LogP contribution in [0.4, 0.5) is 8.78 Å². The van der Waals surface area contributed by atoms with E-state index in [2.05, 4.69) is 0 Å². The molecule has 2 rings (SSSR count). The highest BCUT2D eigenvalue weighted by atomic mass is 19.1. The molecule has 1 saturated carbocycles. The van der Waals surface area contributed by atoms with Gasteiger partial charge in [0.25, 0.3) is 0 Å². The molecule has 0 spiro atoms. The van der Waals surface area contributed by atoms with Crippen LogP contribution < -0.4 is 15.2 Å². The first-order valence-corrected chi connectivity index (χ1v) is 6.43. The van der Waals surface area contributed by atoms with Crippen molar-refractivity contribution in [2.75, 3.05) is 14.2 Å². The summed E-state index contributed by atoms with van der Waals surface area (Å²) in [5.74, 6) is -1.51. The van der Waals surface area contributed by atoms with Crippen LogP contribution in [-0.4, -0.2) is 14.2 Å². The average molecular weight is 271 g/mol. The topological polar surface area (TPSA) is 44.5 Å². The molecule has 1 fully saturated rings. The monoisotopic (exact) mass is 271 g/mol. The van der Waals surface area contributed by atoms with Crippen molar-refractivity contribution in [3.05, 3.63) is 23.3 Å². The van der Waals surface area contributed by atoms with Crippen molar-refractivity contribution in [3.8, 4) is 11.5 Å². The minimum absolute atomic E-state index is 0.0114. The van der Waals surface area contributed by atoms with E-state index in [4.69, 9.17) is 15.2 Å². The van der Waals surface area contributed by atoms with Crippen LogP contribution in [-0.2, 0) is 5.54 Å². The Bertz CT molecular complexity index is 443. The van der Waals surface area contributed by atoms with Crippen LogP contribution in [0.1, 0.15) is 37.7 Å². The molecule has 0 aromatic heterocycles. The molecule has 19 heavy (non-hydrogen) atoms. The van der Waals surface area contributed by atoms with E-state index < -0.39 is 17.2 Å². The molecule has 1 aromatic rings. The summed E-state index contributed by atoms with van der Waals surface area (Å²) in [6.45, 7) is 0. The third-order valence-electron chi connectivity index (χ3n) is 3.79. The molecule has 106 valence electrons. The highest BCUT2D eigenvalue weighted by Gasteiger charge is 2.37. The Morgan fingerprint density at radius 2 is 1.47 bits per heavy atom. The number of methoxy groups -OCH3 is 2. The highest BCUT2D eigenvalue weighted by Crippen LogP contribution is 2.46. The van der Waals surface area contributed by atoms with Gasteiger partial charge in [0.2, 0.25) is 0 Å². The third kappa shape index (κ3) is 2.39. The van der Waals surface area contributed by atoms with Crippen molar-refractivity contribution in [3.63, 3.8) is 0 Å². The first kappa shape index (κ1) is 14.1. The van der Waals surface area contributed by atoms with Crippen molar-refractivity contribution < 1.29 is 18.3 Å². The molecule has 1 aliphatic rings. The average Bonchev–Trinajstić information content (AvgIpc) is 2.39. The zero-order valence-corrected chi connectivity index (χ0v) is 11.3. The normalized spacial score (nSPS) is 18.2. The Balaban J connectivity index is 2.64. The first-order valence-electron chi connectivity index (χ1n) is 6.43. The lowest BCUT2D eigenvalue weighted by atomic mass is 9.76. The maximum absolute atomic E-state index is 13.9. The van der Waals surface area contributed by atoms with Crippen LogP contribution in [0.5, 0.6) is 11.5 Å². The summed E-state index contributed by atoms with van der Waals surface area (Å²) in [5.41, 5.74) is 5.90. The minimum atomic E-state index is -0.794. The molecule has 0 amide bonds. The molecule has 1 aliphatic carbocycles. The van der Waals surface area contributed by atoms with Crippen molar-refractivity contribution in [2.45, 2.75) is 37.6 Å². The summed E-state index contributed by atoms with van der Waals surface area (Å²) in [7, 11) is 2.71. The molecule has 0 atom stereocenters. The molecular formula is C14H19F2NO2. The summed E-state index contributed by atoms with van der Waals surface area (Å²) >= 11 is 0. The first-order chi connectivity index (χ1) is 9.03. The second-order valence-electron chi connectivity index (χ2n) is 5.00. The molecular weight excluding hydrogens is 252 g/mol. The van der Waals surface area contributed by atoms with Crippen LogP contribution in [0.25, 0.3) is 0 Å². The Morgan fingerprint density at radius 3 is 1.89 bits per heavy atom. The van der Waals surface area contributed by atoms with E-state index in [1.807, 2.05) is 0 Å². The van der Waals surface area contributed by atoms with Crippen LogP contribution in [0.2, 0.25) is 0 Å². The van der Waals surface area contributed by atoms with Crippen molar-refractivity contribution in [2.24, 2.45) is 5.73 Å². The number of ether oxygens (including phenoxy) is 2. The molecule has 1 aromatic carbocycles. The van der Waals surface area contributed by atoms with Gasteiger partial charge in [-0.05, 0) is 12.8 Å². The van der Waals surface area contributed by atoms with Crippen LogP contribution >= 0.6 is 0 Å². The number of nitrogens with two attached hydrogens (primary N) is 1. The largest absolute Gasteiger partial charge is 0.493 e. The molecule has 0 bridgehead atoms. The lowest BCUT2D eigenvalue weighted by Gasteiger charge is -2.35. The fourth-order valence-electron chi connectivity index (χ4n) is 2.87. The van der Waals surface area contributed by atoms with Gasteiger partial charge in [0, 0.05) is 11.6 Å². The molecule has 0 radical (unpaired) electrons. The predicted octanol–water partition coefficient (Wildman–Crippen LogP) is 3.10. The van der Waals surface area contributed by atoms with Gasteiger partial charge in [-0.15, -0.1) is 0 Å². The number of benzene rings is 1. The molecule has 0 saturated heterocycles. The third-order valence-corrected chi connectivity index (χ3v) is 3.79. The van der Waals surface area contributed by atoms with E-state index in [0.717, 1.165) is 25.3 Å². The molecule has 5 heteroatoms. The van der Waals surface area contributed by atoms with Gasteiger partial charge < -0.3 is 15.2 Å². The second kappa shape index (κ2) is 5.33. The van der Waals surface area contributed by atoms with Gasteiger partial charge in [0.15, 0.2) is 23.1 Å². The number of halogens is 2. The summed E-state index contributed by atoms with van der Waals surface area (Å²) in [5, 5.41) is 0. The lowest BCUT2D eigenvalue weighted by Crippen LogP contribution is -2.39. The SMILES string of the molecule is COc1c(F)cc(F)c(OC)c1C1(N)CCCCC1. The minimum Gasteiger partial charge on any atom is -0.493 e. The molecule has 0 unspecified atom stereocenters. The van der Waals surface area contributed by atoms with Crippen molar-refractivity contribution in [1.82, 2.24) is 0 Å². The zero-order valence-electron chi connectivity index (χ0n) is 11.3. The number of hydrogen-bond donors (Lipinski definition) is 1. The smallest absolute Gasteiger partial charge is 0.168 e. The van der Waals surface area contributed by atoms with Gasteiger partial charge in [-0.2, -0.15) is 0 Å². The summed E-state index contributed by atoms with van der Waals surface area (Å²) < 4.78 is 37.9. The van der Waals surface area contributed by atoms with E-state index >= 15 is 0 Å². The van der Waals surface area contributed by atoms with E-state index in [1.54, 1.807) is 0 Å². The van der Waals surface area contributed by atoms with Crippen LogP contribution in [0.15, 0.2) is 6.07 Å². The number of rotatable bonds is 3. The fourth-order valence-corrected chi connectivity index (χ4v) is 2.87. The van der Waals surface area contributed by atoms with E-state index in [0.29, 0.717) is 18.4 Å². The maximum atomic E-state index is 13.9. The Labute approximate surface area is 111 Å². The molecule has 0 heterocycles. The standard InChI is InChI=1S/C14H19F2NO2/c1-18-12-9(15)8-10(16)13(19-2)11(12)14(17)6-4-3-5-7-14/h8H,3-7,17H2,1-2H3. The Kier molecular flexibility index (Phi) is 3.94. The van der Waals surface area contributed by atoms with Gasteiger partial charge in [0.05, 0.1) is 19.8 Å². The lowest BCUT2D eigenvalue weighted by molar-refractivity contribution is 0.265. The van der Waals surface area contributed by atoms with E-state index in [9.17, 15) is 8.78 Å². The maximum Gasteiger partial charge on any atom is 0.168 e.